The number of anilines is 2. The van der Waals surface area contributed by atoms with Gasteiger partial charge in [0.2, 0.25) is 5.91 Å². The van der Waals surface area contributed by atoms with Gasteiger partial charge < -0.3 is 15.1 Å². The molecule has 2 saturated heterocycles. The van der Waals surface area contributed by atoms with Crippen LogP contribution >= 0.6 is 0 Å². The van der Waals surface area contributed by atoms with Gasteiger partial charge in [0.15, 0.2) is 0 Å². The Balaban J connectivity index is 1.36. The molecule has 1 amide bonds. The number of nitriles is 1. The standard InChI is InChI=1S/C29H37N7O2/c1-19(2)33-28(34-38-3)20-11-14-35(15-12-20)29-24-7-4-6-23(27(24)31-18-32-29)21-9-10-25(22(16-21)17-30)36-13-5-8-26(36)37/h4,6-7,9-10,16,18-20,28-29,33-34H,5,8,11-15H2,1-3H3,(H,31,32). The zero-order valence-electron chi connectivity index (χ0n) is 22.4. The van der Waals surface area contributed by atoms with Gasteiger partial charge in [-0.25, -0.2) is 0 Å². The number of amides is 1. The number of nitrogens with one attached hydrogen (secondary N) is 3. The second kappa shape index (κ2) is 11.6. The van der Waals surface area contributed by atoms with E-state index in [1.54, 1.807) is 18.3 Å². The van der Waals surface area contributed by atoms with Crippen molar-refractivity contribution in [3.63, 3.8) is 0 Å². The Morgan fingerprint density at radius 1 is 1.18 bits per heavy atom. The van der Waals surface area contributed by atoms with E-state index in [1.165, 1.54) is 0 Å². The Hall–Kier alpha value is -3.29. The molecule has 2 unspecified atom stereocenters. The average Bonchev–Trinajstić information content (AvgIpc) is 3.37. The molecule has 3 aliphatic heterocycles. The first-order chi connectivity index (χ1) is 18.5. The van der Waals surface area contributed by atoms with Gasteiger partial charge in [-0.05, 0) is 56.7 Å². The lowest BCUT2D eigenvalue weighted by atomic mass is 9.91. The number of benzene rings is 2. The Morgan fingerprint density at radius 2 is 2.00 bits per heavy atom. The van der Waals surface area contributed by atoms with Gasteiger partial charge in [0.05, 0.1) is 36.6 Å². The Kier molecular flexibility index (Phi) is 8.05. The van der Waals surface area contributed by atoms with Crippen LogP contribution in [0.1, 0.15) is 56.8 Å². The minimum Gasteiger partial charge on any atom is -0.346 e. The summed E-state index contributed by atoms with van der Waals surface area (Å²) in [6.07, 6.45) is 5.30. The Bertz CT molecular complexity index is 1230. The van der Waals surface area contributed by atoms with Gasteiger partial charge in [0, 0.05) is 43.2 Å². The monoisotopic (exact) mass is 515 g/mol. The molecular formula is C29H37N7O2. The third-order valence-electron chi connectivity index (χ3n) is 7.74. The molecule has 0 saturated carbocycles. The number of piperidine rings is 1. The van der Waals surface area contributed by atoms with Gasteiger partial charge in [0.1, 0.15) is 12.2 Å². The molecule has 9 nitrogen and oxygen atoms in total. The van der Waals surface area contributed by atoms with Crippen LogP contribution in [0, 0.1) is 17.2 Å². The first kappa shape index (κ1) is 26.3. The number of carbonyl (C=O) groups is 1. The van der Waals surface area contributed by atoms with Crippen LogP contribution in [0.3, 0.4) is 0 Å². The van der Waals surface area contributed by atoms with E-state index in [4.69, 9.17) is 9.83 Å². The predicted octanol–water partition coefficient (Wildman–Crippen LogP) is 3.99. The maximum Gasteiger partial charge on any atom is 0.227 e. The number of likely N-dealkylation sites (tertiary alicyclic amines) is 1. The summed E-state index contributed by atoms with van der Waals surface area (Å²) in [5.74, 6) is 0.552. The van der Waals surface area contributed by atoms with E-state index in [0.717, 1.165) is 54.7 Å². The number of aliphatic imine (C=N–C) groups is 1. The molecule has 2 fully saturated rings. The number of para-hydroxylation sites is 1. The third-order valence-corrected chi connectivity index (χ3v) is 7.74. The van der Waals surface area contributed by atoms with Gasteiger partial charge in [0.25, 0.3) is 0 Å². The number of hydrogen-bond acceptors (Lipinski definition) is 8. The zero-order chi connectivity index (χ0) is 26.6. The zero-order valence-corrected chi connectivity index (χ0v) is 22.4. The maximum absolute atomic E-state index is 12.3. The van der Waals surface area contributed by atoms with Crippen molar-refractivity contribution in [1.29, 1.82) is 5.26 Å². The highest BCUT2D eigenvalue weighted by atomic mass is 16.6. The highest BCUT2D eigenvalue weighted by molar-refractivity contribution is 5.97. The lowest BCUT2D eigenvalue weighted by Crippen LogP contribution is -2.53. The van der Waals surface area contributed by atoms with Crippen LogP contribution in [0.2, 0.25) is 0 Å². The molecule has 0 aromatic heterocycles. The quantitative estimate of drug-likeness (QED) is 0.361. The third kappa shape index (κ3) is 5.31. The highest BCUT2D eigenvalue weighted by Crippen LogP contribution is 2.41. The van der Waals surface area contributed by atoms with Crippen LogP contribution in [-0.2, 0) is 9.63 Å². The van der Waals surface area contributed by atoms with Crippen LogP contribution in [0.5, 0.6) is 0 Å². The summed E-state index contributed by atoms with van der Waals surface area (Å²) in [4.78, 5) is 26.6. The molecule has 0 aliphatic carbocycles. The van der Waals surface area contributed by atoms with Crippen molar-refractivity contribution in [3.8, 4) is 17.2 Å². The van der Waals surface area contributed by atoms with Crippen molar-refractivity contribution < 1.29 is 9.63 Å². The Labute approximate surface area is 224 Å². The van der Waals surface area contributed by atoms with E-state index >= 15 is 0 Å². The lowest BCUT2D eigenvalue weighted by Gasteiger charge is -2.40. The summed E-state index contributed by atoms with van der Waals surface area (Å²) >= 11 is 0. The summed E-state index contributed by atoms with van der Waals surface area (Å²) in [5.41, 5.74) is 8.48. The molecule has 200 valence electrons. The predicted molar refractivity (Wildman–Crippen MR) is 150 cm³/mol. The molecular weight excluding hydrogens is 478 g/mol. The van der Waals surface area contributed by atoms with E-state index in [9.17, 15) is 10.1 Å². The first-order valence-electron chi connectivity index (χ1n) is 13.5. The number of rotatable bonds is 8. The fourth-order valence-electron chi connectivity index (χ4n) is 5.91. The summed E-state index contributed by atoms with van der Waals surface area (Å²) in [6.45, 7) is 6.84. The van der Waals surface area contributed by atoms with Crippen molar-refractivity contribution in [2.24, 2.45) is 10.9 Å². The molecule has 0 spiro atoms. The van der Waals surface area contributed by atoms with Crippen molar-refractivity contribution >= 4 is 23.6 Å². The maximum atomic E-state index is 12.3. The minimum absolute atomic E-state index is 0.0593. The fourth-order valence-corrected chi connectivity index (χ4v) is 5.91. The molecule has 5 rings (SSSR count). The number of carbonyl (C=O) groups excluding carboxylic acids is 1. The molecule has 9 heteroatoms. The molecule has 0 radical (unpaired) electrons. The van der Waals surface area contributed by atoms with E-state index in [1.807, 2.05) is 18.2 Å². The van der Waals surface area contributed by atoms with Crippen LogP contribution in [0.15, 0.2) is 41.4 Å². The second-order valence-corrected chi connectivity index (χ2v) is 10.6. The molecule has 2 aromatic carbocycles. The molecule has 3 heterocycles. The van der Waals surface area contributed by atoms with Crippen LogP contribution < -0.4 is 21.0 Å². The normalized spacial score (nSPS) is 20.9. The van der Waals surface area contributed by atoms with E-state index < -0.39 is 0 Å². The SMILES string of the molecule is CONC(NC(C)C)C1CCN(C2N=CNc3c(-c4ccc(N5CCCC5=O)c(C#N)c4)cccc32)CC1. The van der Waals surface area contributed by atoms with Crippen LogP contribution in [-0.4, -0.2) is 56.1 Å². The summed E-state index contributed by atoms with van der Waals surface area (Å²) in [5, 5.41) is 16.8. The van der Waals surface area contributed by atoms with Crippen LogP contribution in [0.25, 0.3) is 11.1 Å². The first-order valence-corrected chi connectivity index (χ1v) is 13.5. The van der Waals surface area contributed by atoms with Gasteiger partial charge in [-0.2, -0.15) is 10.7 Å². The minimum atomic E-state index is -0.0593. The largest absolute Gasteiger partial charge is 0.346 e. The smallest absolute Gasteiger partial charge is 0.227 e. The Morgan fingerprint density at radius 3 is 2.68 bits per heavy atom. The number of hydrogen-bond donors (Lipinski definition) is 3. The summed E-state index contributed by atoms with van der Waals surface area (Å²) in [7, 11) is 1.67. The van der Waals surface area contributed by atoms with Gasteiger partial charge in [-0.3, -0.25) is 20.0 Å². The van der Waals surface area contributed by atoms with Gasteiger partial charge in [-0.1, -0.05) is 24.3 Å². The van der Waals surface area contributed by atoms with Crippen molar-refractivity contribution in [1.82, 2.24) is 15.7 Å². The van der Waals surface area contributed by atoms with E-state index in [0.29, 0.717) is 36.2 Å². The number of nitrogens with zero attached hydrogens (tertiary/aromatic N) is 4. The van der Waals surface area contributed by atoms with Gasteiger partial charge in [-0.15, -0.1) is 0 Å². The fraction of sp³-hybridized carbons (Fsp3) is 0.483. The van der Waals surface area contributed by atoms with Crippen LogP contribution in [0.4, 0.5) is 11.4 Å². The lowest BCUT2D eigenvalue weighted by molar-refractivity contribution is -0.117. The number of fused-ring (bicyclic) bond motifs is 1. The molecule has 2 aromatic rings. The van der Waals surface area contributed by atoms with Crippen molar-refractivity contribution in [3.05, 3.63) is 47.5 Å². The van der Waals surface area contributed by atoms with Crippen molar-refractivity contribution in [2.45, 2.75) is 57.9 Å². The van der Waals surface area contributed by atoms with Crippen molar-refractivity contribution in [2.75, 3.05) is 37.0 Å². The topological polar surface area (TPSA) is 105 Å². The highest BCUT2D eigenvalue weighted by Gasteiger charge is 2.33. The number of hydroxylamine groups is 1. The molecule has 3 aliphatic rings. The average molecular weight is 516 g/mol. The van der Waals surface area contributed by atoms with E-state index in [-0.39, 0.29) is 18.2 Å². The molecule has 3 N–H and O–H groups in total. The molecule has 0 bridgehead atoms. The second-order valence-electron chi connectivity index (χ2n) is 10.6. The van der Waals surface area contributed by atoms with E-state index in [2.05, 4.69) is 59.1 Å². The molecule has 38 heavy (non-hydrogen) atoms. The molecule has 2 atom stereocenters. The van der Waals surface area contributed by atoms with Gasteiger partial charge >= 0.3 is 0 Å². The summed E-state index contributed by atoms with van der Waals surface area (Å²) in [6, 6.07) is 14.8. The summed E-state index contributed by atoms with van der Waals surface area (Å²) < 4.78 is 0.